The van der Waals surface area contributed by atoms with Gasteiger partial charge in [0.2, 0.25) is 0 Å². The van der Waals surface area contributed by atoms with Gasteiger partial charge < -0.3 is 10.3 Å². The van der Waals surface area contributed by atoms with Gasteiger partial charge in [0.15, 0.2) is 5.65 Å². The van der Waals surface area contributed by atoms with E-state index in [2.05, 4.69) is 26.9 Å². The Morgan fingerprint density at radius 1 is 1.28 bits per heavy atom. The molecule has 1 aliphatic heterocycles. The lowest BCUT2D eigenvalue weighted by atomic mass is 9.95. The fraction of sp³-hybridized carbons (Fsp3) is 0.583. The van der Waals surface area contributed by atoms with Crippen LogP contribution in [0.15, 0.2) is 12.7 Å². The van der Waals surface area contributed by atoms with Crippen LogP contribution < -0.4 is 5.73 Å². The summed E-state index contributed by atoms with van der Waals surface area (Å²) >= 11 is 0. The van der Waals surface area contributed by atoms with Crippen LogP contribution in [0.25, 0.3) is 11.2 Å². The zero-order chi connectivity index (χ0) is 12.7. The van der Waals surface area contributed by atoms with Crippen molar-refractivity contribution in [3.05, 3.63) is 18.3 Å². The normalized spacial score (nSPS) is 25.7. The lowest BCUT2D eigenvalue weighted by molar-refractivity contribution is 0.169. The van der Waals surface area contributed by atoms with E-state index in [9.17, 15) is 0 Å². The van der Waals surface area contributed by atoms with Gasteiger partial charge in [0.1, 0.15) is 11.8 Å². The first-order valence-corrected chi connectivity index (χ1v) is 6.24. The van der Waals surface area contributed by atoms with Gasteiger partial charge in [-0.05, 0) is 26.4 Å². The molecule has 2 N–H and O–H groups in total. The summed E-state index contributed by atoms with van der Waals surface area (Å²) in [6.45, 7) is 1.00. The fourth-order valence-electron chi connectivity index (χ4n) is 2.64. The van der Waals surface area contributed by atoms with Gasteiger partial charge in [-0.2, -0.15) is 0 Å². The molecular formula is C12H18N6. The van der Waals surface area contributed by atoms with Crippen LogP contribution in [0.4, 0.5) is 0 Å². The third kappa shape index (κ3) is 1.77. The highest BCUT2D eigenvalue weighted by atomic mass is 15.2. The van der Waals surface area contributed by atoms with Crippen molar-refractivity contribution in [2.75, 3.05) is 13.6 Å². The van der Waals surface area contributed by atoms with E-state index in [1.165, 1.54) is 0 Å². The van der Waals surface area contributed by atoms with Crippen LogP contribution in [0.5, 0.6) is 0 Å². The Morgan fingerprint density at radius 3 is 2.94 bits per heavy atom. The molecule has 1 aliphatic rings. The van der Waals surface area contributed by atoms with Gasteiger partial charge in [0, 0.05) is 13.1 Å². The Bertz CT molecular complexity index is 563. The first kappa shape index (κ1) is 11.6. The van der Waals surface area contributed by atoms with Gasteiger partial charge in [-0.15, -0.1) is 0 Å². The van der Waals surface area contributed by atoms with Gasteiger partial charge in [-0.1, -0.05) is 0 Å². The van der Waals surface area contributed by atoms with Crippen molar-refractivity contribution in [1.29, 1.82) is 0 Å². The van der Waals surface area contributed by atoms with Crippen molar-refractivity contribution in [3.8, 4) is 0 Å². The van der Waals surface area contributed by atoms with Crippen LogP contribution in [0.3, 0.4) is 0 Å². The van der Waals surface area contributed by atoms with Gasteiger partial charge >= 0.3 is 0 Å². The summed E-state index contributed by atoms with van der Waals surface area (Å²) in [5.41, 5.74) is 8.85. The molecule has 6 heteroatoms. The highest BCUT2D eigenvalue weighted by Crippen LogP contribution is 2.30. The largest absolute Gasteiger partial charge is 0.328 e. The second kappa shape index (κ2) is 4.29. The monoisotopic (exact) mass is 246 g/mol. The smallest absolute Gasteiger partial charge is 0.163 e. The quantitative estimate of drug-likeness (QED) is 0.791. The highest BCUT2D eigenvalue weighted by molar-refractivity contribution is 5.73. The zero-order valence-electron chi connectivity index (χ0n) is 10.7. The molecule has 0 bridgehead atoms. The molecule has 0 radical (unpaired) electrons. The lowest BCUT2D eigenvalue weighted by Crippen LogP contribution is -2.40. The molecule has 2 atom stereocenters. The summed E-state index contributed by atoms with van der Waals surface area (Å²) in [6, 6.07) is 0.495. The fourth-order valence-corrected chi connectivity index (χ4v) is 2.64. The highest BCUT2D eigenvalue weighted by Gasteiger charge is 2.28. The summed E-state index contributed by atoms with van der Waals surface area (Å²) in [4.78, 5) is 15.5. The molecule has 2 aromatic rings. The van der Waals surface area contributed by atoms with E-state index in [1.807, 2.05) is 11.6 Å². The molecular weight excluding hydrogens is 228 g/mol. The minimum Gasteiger partial charge on any atom is -0.328 e. The topological polar surface area (TPSA) is 72.9 Å². The molecule has 6 nitrogen and oxygen atoms in total. The summed E-state index contributed by atoms with van der Waals surface area (Å²) in [5, 5.41) is 0. The van der Waals surface area contributed by atoms with Crippen molar-refractivity contribution < 1.29 is 0 Å². The molecule has 18 heavy (non-hydrogen) atoms. The van der Waals surface area contributed by atoms with Crippen molar-refractivity contribution >= 4 is 11.2 Å². The van der Waals surface area contributed by atoms with Gasteiger partial charge in [-0.3, -0.25) is 4.90 Å². The summed E-state index contributed by atoms with van der Waals surface area (Å²) in [5.74, 6) is 0. The number of likely N-dealkylation sites (tertiary alicyclic amines) is 1. The molecule has 2 aromatic heterocycles. The van der Waals surface area contributed by atoms with Crippen molar-refractivity contribution in [2.24, 2.45) is 12.8 Å². The molecule has 0 amide bonds. The van der Waals surface area contributed by atoms with Gasteiger partial charge in [0.05, 0.1) is 18.1 Å². The number of nitrogens with zero attached hydrogens (tertiary/aromatic N) is 5. The average molecular weight is 246 g/mol. The number of fused-ring (bicyclic) bond motifs is 1. The number of aryl methyl sites for hydroxylation is 1. The van der Waals surface area contributed by atoms with E-state index in [1.54, 1.807) is 12.7 Å². The van der Waals surface area contributed by atoms with E-state index >= 15 is 0 Å². The average Bonchev–Trinajstić information content (AvgIpc) is 2.75. The first-order chi connectivity index (χ1) is 8.66. The predicted octanol–water partition coefficient (Wildman–Crippen LogP) is 0.457. The standard InChI is InChI=1S/C12H18N6/c1-17-4-3-8(13)5-9(17)10-11-12(15-6-14-10)18(2)7-16-11/h6-9H,3-5,13H2,1-2H3. The van der Waals surface area contributed by atoms with Crippen LogP contribution in [0, 0.1) is 0 Å². The van der Waals surface area contributed by atoms with Crippen molar-refractivity contribution in [1.82, 2.24) is 24.4 Å². The first-order valence-electron chi connectivity index (χ1n) is 6.24. The number of hydrogen-bond acceptors (Lipinski definition) is 5. The molecule has 3 rings (SSSR count). The number of hydrogen-bond donors (Lipinski definition) is 1. The summed E-state index contributed by atoms with van der Waals surface area (Å²) in [7, 11) is 4.07. The molecule has 3 heterocycles. The molecule has 0 aliphatic carbocycles. The SMILES string of the molecule is CN1CCC(N)CC1c1ncnc2c1ncn2C. The second-order valence-corrected chi connectivity index (χ2v) is 5.07. The van der Waals surface area contributed by atoms with Crippen LogP contribution in [-0.2, 0) is 7.05 Å². The van der Waals surface area contributed by atoms with Crippen molar-refractivity contribution in [3.63, 3.8) is 0 Å². The van der Waals surface area contributed by atoms with E-state index in [-0.39, 0.29) is 12.1 Å². The molecule has 0 saturated carbocycles. The minimum absolute atomic E-state index is 0.245. The van der Waals surface area contributed by atoms with Crippen molar-refractivity contribution in [2.45, 2.75) is 24.9 Å². The Hall–Kier alpha value is -1.53. The molecule has 0 aromatic carbocycles. The minimum atomic E-state index is 0.245. The maximum Gasteiger partial charge on any atom is 0.163 e. The number of piperidine rings is 1. The Balaban J connectivity index is 2.07. The van der Waals surface area contributed by atoms with Gasteiger partial charge in [-0.25, -0.2) is 15.0 Å². The maximum atomic E-state index is 6.08. The van der Waals surface area contributed by atoms with Gasteiger partial charge in [0.25, 0.3) is 0 Å². The molecule has 2 unspecified atom stereocenters. The Labute approximate surface area is 106 Å². The lowest BCUT2D eigenvalue weighted by Gasteiger charge is -2.35. The predicted molar refractivity (Wildman–Crippen MR) is 68.9 cm³/mol. The van der Waals surface area contributed by atoms with E-state index in [0.717, 1.165) is 36.2 Å². The van der Waals surface area contributed by atoms with Crippen LogP contribution >= 0.6 is 0 Å². The molecule has 1 fully saturated rings. The Morgan fingerprint density at radius 2 is 2.11 bits per heavy atom. The van der Waals surface area contributed by atoms with Crippen LogP contribution in [-0.4, -0.2) is 44.1 Å². The van der Waals surface area contributed by atoms with Crippen LogP contribution in [0.1, 0.15) is 24.6 Å². The number of imidazole rings is 1. The third-order valence-electron chi connectivity index (χ3n) is 3.75. The molecule has 1 saturated heterocycles. The number of aromatic nitrogens is 4. The second-order valence-electron chi connectivity index (χ2n) is 5.07. The van der Waals surface area contributed by atoms with Crippen LogP contribution in [0.2, 0.25) is 0 Å². The zero-order valence-corrected chi connectivity index (χ0v) is 10.7. The van der Waals surface area contributed by atoms with E-state index < -0.39 is 0 Å². The Kier molecular flexibility index (Phi) is 2.76. The molecule has 0 spiro atoms. The number of rotatable bonds is 1. The summed E-state index contributed by atoms with van der Waals surface area (Å²) in [6.07, 6.45) is 5.38. The maximum absolute atomic E-state index is 6.08. The number of nitrogens with two attached hydrogens (primary N) is 1. The van der Waals surface area contributed by atoms with E-state index in [0.29, 0.717) is 0 Å². The van der Waals surface area contributed by atoms with E-state index in [4.69, 9.17) is 5.73 Å². The summed E-state index contributed by atoms with van der Waals surface area (Å²) < 4.78 is 1.92. The molecule has 96 valence electrons. The third-order valence-corrected chi connectivity index (χ3v) is 3.75.